The number of aliphatic hydroxyl groups excluding tert-OH is 1. The Bertz CT molecular complexity index is 1200. The minimum Gasteiger partial charge on any atom is -0.497 e. The lowest BCUT2D eigenvalue weighted by atomic mass is 9.65. The van der Waals surface area contributed by atoms with Gasteiger partial charge in [0.15, 0.2) is 0 Å². The van der Waals surface area contributed by atoms with Gasteiger partial charge in [-0.1, -0.05) is 37.3 Å². The molecule has 2 bridgehead atoms. The minimum absolute atomic E-state index is 0.000718. The molecule has 0 aromatic heterocycles. The van der Waals surface area contributed by atoms with Crippen LogP contribution in [0.1, 0.15) is 44.6 Å². The first-order valence-corrected chi connectivity index (χ1v) is 13.8. The lowest BCUT2D eigenvalue weighted by Crippen LogP contribution is -2.53. The molecule has 9 nitrogen and oxygen atoms in total. The van der Waals surface area contributed by atoms with Crippen molar-refractivity contribution in [3.63, 3.8) is 0 Å². The zero-order valence-corrected chi connectivity index (χ0v) is 22.5. The molecule has 3 N–H and O–H groups in total. The smallest absolute Gasteiger partial charge is 0.250 e. The van der Waals surface area contributed by atoms with Crippen molar-refractivity contribution in [2.45, 2.75) is 62.8 Å². The number of ether oxygens (including phenoxy) is 2. The molecule has 3 amide bonds. The van der Waals surface area contributed by atoms with Gasteiger partial charge in [0.2, 0.25) is 17.7 Å². The predicted octanol–water partition coefficient (Wildman–Crippen LogP) is 2.88. The van der Waals surface area contributed by atoms with Gasteiger partial charge in [0.05, 0.1) is 24.5 Å². The number of nitrogens with one attached hydrogen (secondary N) is 2. The van der Waals surface area contributed by atoms with E-state index in [0.717, 1.165) is 5.56 Å². The van der Waals surface area contributed by atoms with Gasteiger partial charge in [-0.05, 0) is 61.9 Å². The number of anilines is 1. The number of hydrogen-bond donors (Lipinski definition) is 3. The molecule has 3 saturated heterocycles. The lowest BCUT2D eigenvalue weighted by molar-refractivity contribution is -0.146. The van der Waals surface area contributed by atoms with Crippen LogP contribution in [0.25, 0.3) is 0 Å². The summed E-state index contributed by atoms with van der Waals surface area (Å²) in [5.74, 6) is -1.54. The lowest BCUT2D eigenvalue weighted by Gasteiger charge is -2.34. The zero-order chi connectivity index (χ0) is 27.6. The first-order chi connectivity index (χ1) is 18.9. The van der Waals surface area contributed by atoms with E-state index in [1.54, 1.807) is 36.3 Å². The number of unbranched alkanes of at least 4 members (excludes halogenated alkanes) is 1. The second kappa shape index (κ2) is 11.0. The first-order valence-electron chi connectivity index (χ1n) is 13.8. The number of carbonyl (C=O) groups excluding carboxylic acids is 3. The Hall–Kier alpha value is -3.43. The summed E-state index contributed by atoms with van der Waals surface area (Å²) in [5.41, 5.74) is -0.331. The molecule has 0 saturated carbocycles. The van der Waals surface area contributed by atoms with Crippen molar-refractivity contribution in [3.05, 3.63) is 60.2 Å². The third-order valence-corrected chi connectivity index (χ3v) is 8.69. The molecular formula is C30H37N3O6. The van der Waals surface area contributed by atoms with Crippen molar-refractivity contribution in [1.29, 1.82) is 0 Å². The number of rotatable bonds is 11. The van der Waals surface area contributed by atoms with Crippen LogP contribution in [0.3, 0.4) is 0 Å². The van der Waals surface area contributed by atoms with Crippen LogP contribution in [-0.2, 0) is 25.7 Å². The summed E-state index contributed by atoms with van der Waals surface area (Å²) < 4.78 is 12.0. The molecule has 3 heterocycles. The zero-order valence-electron chi connectivity index (χ0n) is 22.5. The Kier molecular flexibility index (Phi) is 7.64. The van der Waals surface area contributed by atoms with Crippen molar-refractivity contribution in [2.75, 3.05) is 25.6 Å². The molecule has 5 atom stereocenters. The van der Waals surface area contributed by atoms with E-state index in [4.69, 9.17) is 9.47 Å². The number of carbonyl (C=O) groups is 3. The van der Waals surface area contributed by atoms with Crippen molar-refractivity contribution >= 4 is 23.4 Å². The molecule has 3 aliphatic rings. The number of methoxy groups -OCH3 is 1. The van der Waals surface area contributed by atoms with Crippen LogP contribution in [0.2, 0.25) is 0 Å². The number of hydrogen-bond acceptors (Lipinski definition) is 6. The fraction of sp³-hybridized carbons (Fsp3) is 0.500. The Labute approximate surface area is 228 Å². The molecule has 3 fully saturated rings. The van der Waals surface area contributed by atoms with E-state index in [9.17, 15) is 19.5 Å². The molecule has 5 rings (SSSR count). The van der Waals surface area contributed by atoms with Gasteiger partial charge in [0, 0.05) is 25.4 Å². The molecule has 1 spiro atoms. The molecule has 2 aromatic carbocycles. The highest BCUT2D eigenvalue weighted by molar-refractivity contribution is 6.03. The number of nitrogens with zero attached hydrogens (tertiary/aromatic N) is 1. The summed E-state index contributed by atoms with van der Waals surface area (Å²) in [4.78, 5) is 43.3. The maximum Gasteiger partial charge on any atom is 0.250 e. The van der Waals surface area contributed by atoms with E-state index >= 15 is 0 Å². The summed E-state index contributed by atoms with van der Waals surface area (Å²) in [6.45, 7) is 2.64. The number of aliphatic hydroxyl groups is 1. The van der Waals surface area contributed by atoms with Crippen LogP contribution in [-0.4, -0.2) is 65.2 Å². The first kappa shape index (κ1) is 27.1. The highest BCUT2D eigenvalue weighted by atomic mass is 16.5. The van der Waals surface area contributed by atoms with Gasteiger partial charge < -0.3 is 30.1 Å². The number of amides is 3. The predicted molar refractivity (Wildman–Crippen MR) is 145 cm³/mol. The molecule has 0 aliphatic carbocycles. The van der Waals surface area contributed by atoms with E-state index in [1.807, 2.05) is 37.3 Å². The summed E-state index contributed by atoms with van der Waals surface area (Å²) in [7, 11) is 1.57. The van der Waals surface area contributed by atoms with Crippen LogP contribution >= 0.6 is 0 Å². The van der Waals surface area contributed by atoms with E-state index in [1.165, 1.54) is 0 Å². The van der Waals surface area contributed by atoms with Crippen LogP contribution in [0.15, 0.2) is 54.6 Å². The molecule has 208 valence electrons. The highest BCUT2D eigenvalue weighted by Gasteiger charge is 2.78. The number of fused-ring (bicyclic) bond motifs is 1. The standard InChI is InChI=1S/C30H37N3O6/c1-3-29-15-16-30(39-29)24(23(29)26(35)31-19-20-9-5-4-6-10-20)28(37)33(17-7-8-18-34)25(30)27(36)32-21-11-13-22(38-2)14-12-21/h4-6,9-14,23-25,34H,3,7-8,15-19H2,1-2H3,(H,31,35)(H,32,36)/t23-,24+,25?,29+,30?/m1/s1. The van der Waals surface area contributed by atoms with Gasteiger partial charge >= 0.3 is 0 Å². The second-order valence-corrected chi connectivity index (χ2v) is 10.7. The fourth-order valence-corrected chi connectivity index (χ4v) is 6.83. The van der Waals surface area contributed by atoms with Gasteiger partial charge in [-0.15, -0.1) is 0 Å². The van der Waals surface area contributed by atoms with Gasteiger partial charge in [0.1, 0.15) is 17.4 Å². The van der Waals surface area contributed by atoms with Gasteiger partial charge in [-0.3, -0.25) is 14.4 Å². The molecule has 2 aromatic rings. The Balaban J connectivity index is 1.45. The Morgan fingerprint density at radius 1 is 1.08 bits per heavy atom. The van der Waals surface area contributed by atoms with Gasteiger partial charge in [0.25, 0.3) is 0 Å². The molecule has 2 unspecified atom stereocenters. The summed E-state index contributed by atoms with van der Waals surface area (Å²) >= 11 is 0. The quantitative estimate of drug-likeness (QED) is 0.381. The van der Waals surface area contributed by atoms with Gasteiger partial charge in [-0.25, -0.2) is 0 Å². The van der Waals surface area contributed by atoms with E-state index < -0.39 is 29.1 Å². The van der Waals surface area contributed by atoms with E-state index in [2.05, 4.69) is 10.6 Å². The average Bonchev–Trinajstić information content (AvgIpc) is 3.56. The topological polar surface area (TPSA) is 117 Å². The number of benzene rings is 2. The maximum absolute atomic E-state index is 14.1. The molecule has 39 heavy (non-hydrogen) atoms. The highest BCUT2D eigenvalue weighted by Crippen LogP contribution is 2.64. The van der Waals surface area contributed by atoms with Crippen LogP contribution < -0.4 is 15.4 Å². The molecule has 9 heteroatoms. The maximum atomic E-state index is 14.1. The third-order valence-electron chi connectivity index (χ3n) is 8.69. The molecule has 3 aliphatic heterocycles. The summed E-state index contributed by atoms with van der Waals surface area (Å²) in [6.07, 6.45) is 2.75. The van der Waals surface area contributed by atoms with Crippen LogP contribution in [0.4, 0.5) is 5.69 Å². The van der Waals surface area contributed by atoms with Crippen LogP contribution in [0, 0.1) is 11.8 Å². The largest absolute Gasteiger partial charge is 0.497 e. The summed E-state index contributed by atoms with van der Waals surface area (Å²) in [6, 6.07) is 15.8. The van der Waals surface area contributed by atoms with Crippen molar-refractivity contribution < 1.29 is 29.0 Å². The fourth-order valence-electron chi connectivity index (χ4n) is 6.83. The second-order valence-electron chi connectivity index (χ2n) is 10.7. The van der Waals surface area contributed by atoms with Gasteiger partial charge in [-0.2, -0.15) is 0 Å². The van der Waals surface area contributed by atoms with Crippen molar-refractivity contribution in [1.82, 2.24) is 10.2 Å². The minimum atomic E-state index is -1.09. The summed E-state index contributed by atoms with van der Waals surface area (Å²) in [5, 5.41) is 15.4. The Morgan fingerprint density at radius 2 is 1.82 bits per heavy atom. The number of likely N-dealkylation sites (tertiary alicyclic amines) is 1. The van der Waals surface area contributed by atoms with E-state index in [-0.39, 0.29) is 24.3 Å². The molecule has 0 radical (unpaired) electrons. The molecular weight excluding hydrogens is 498 g/mol. The third kappa shape index (κ3) is 4.67. The van der Waals surface area contributed by atoms with E-state index in [0.29, 0.717) is 56.6 Å². The van der Waals surface area contributed by atoms with Crippen molar-refractivity contribution in [2.24, 2.45) is 11.8 Å². The monoisotopic (exact) mass is 535 g/mol. The Morgan fingerprint density at radius 3 is 2.49 bits per heavy atom. The average molecular weight is 536 g/mol. The normalized spacial score (nSPS) is 28.8. The van der Waals surface area contributed by atoms with Crippen LogP contribution in [0.5, 0.6) is 5.75 Å². The SMILES string of the molecule is CC[C@@]12CCC3(O1)C(C(=O)Nc1ccc(OC)cc1)N(CCCCO)C(=O)[C@@H]3[C@@H]2C(=O)NCc1ccccc1. The van der Waals surface area contributed by atoms with Crippen molar-refractivity contribution in [3.8, 4) is 5.75 Å².